The van der Waals surface area contributed by atoms with E-state index in [4.69, 9.17) is 5.11 Å². The molecule has 0 aliphatic rings. The fourth-order valence-electron chi connectivity index (χ4n) is 1.44. The average Bonchev–Trinajstić information content (AvgIpc) is 2.21. The lowest BCUT2D eigenvalue weighted by Crippen LogP contribution is -2.26. The summed E-state index contributed by atoms with van der Waals surface area (Å²) in [6.07, 6.45) is 0.729. The minimum atomic E-state index is 0.188. The Morgan fingerprint density at radius 3 is 2.80 bits per heavy atom. The fraction of sp³-hybridized carbons (Fsp3) is 0.500. The Kier molecular flexibility index (Phi) is 4.59. The number of hydrogen-bond donors (Lipinski definition) is 3. The molecule has 0 unspecified atom stereocenters. The molecule has 1 aromatic rings. The van der Waals surface area contributed by atoms with Crippen LogP contribution in [-0.4, -0.2) is 22.9 Å². The SMILES string of the molecule is Cc1cccc(CN[C@H](C)CCO)c1O. The minimum absolute atomic E-state index is 0.188. The first-order chi connectivity index (χ1) is 7.15. The molecule has 0 spiro atoms. The van der Waals surface area contributed by atoms with Gasteiger partial charge in [-0.05, 0) is 25.8 Å². The quantitative estimate of drug-likeness (QED) is 0.690. The van der Waals surface area contributed by atoms with Crippen molar-refractivity contribution in [2.24, 2.45) is 0 Å². The van der Waals surface area contributed by atoms with Crippen LogP contribution in [0.2, 0.25) is 0 Å². The highest BCUT2D eigenvalue weighted by Crippen LogP contribution is 2.21. The third kappa shape index (κ3) is 3.53. The molecule has 0 fully saturated rings. The molecule has 0 heterocycles. The van der Waals surface area contributed by atoms with Crippen molar-refractivity contribution >= 4 is 0 Å². The van der Waals surface area contributed by atoms with Crippen LogP contribution >= 0.6 is 0 Å². The number of aliphatic hydroxyl groups is 1. The van der Waals surface area contributed by atoms with E-state index >= 15 is 0 Å². The van der Waals surface area contributed by atoms with Crippen LogP contribution in [-0.2, 0) is 6.54 Å². The van der Waals surface area contributed by atoms with Crippen molar-refractivity contribution in [3.05, 3.63) is 29.3 Å². The van der Waals surface area contributed by atoms with Crippen LogP contribution in [0.5, 0.6) is 5.75 Å². The lowest BCUT2D eigenvalue weighted by atomic mass is 10.1. The van der Waals surface area contributed by atoms with E-state index in [1.54, 1.807) is 0 Å². The molecular weight excluding hydrogens is 190 g/mol. The van der Waals surface area contributed by atoms with Gasteiger partial charge in [0.2, 0.25) is 0 Å². The summed E-state index contributed by atoms with van der Waals surface area (Å²) in [5, 5.41) is 21.7. The Balaban J connectivity index is 2.54. The number of phenols is 1. The first-order valence-corrected chi connectivity index (χ1v) is 5.27. The van der Waals surface area contributed by atoms with Crippen molar-refractivity contribution in [1.82, 2.24) is 5.32 Å². The number of phenolic OH excluding ortho intramolecular Hbond substituents is 1. The van der Waals surface area contributed by atoms with Gasteiger partial charge < -0.3 is 15.5 Å². The van der Waals surface area contributed by atoms with Gasteiger partial charge in [-0.1, -0.05) is 18.2 Å². The van der Waals surface area contributed by atoms with Crippen LogP contribution in [0.1, 0.15) is 24.5 Å². The highest BCUT2D eigenvalue weighted by molar-refractivity contribution is 5.39. The Morgan fingerprint density at radius 2 is 2.13 bits per heavy atom. The number of nitrogens with one attached hydrogen (secondary N) is 1. The van der Waals surface area contributed by atoms with Crippen LogP contribution < -0.4 is 5.32 Å². The Labute approximate surface area is 90.8 Å². The molecule has 0 aliphatic carbocycles. The Hall–Kier alpha value is -1.06. The summed E-state index contributed by atoms with van der Waals surface area (Å²) < 4.78 is 0. The van der Waals surface area contributed by atoms with Gasteiger partial charge in [0.05, 0.1) is 0 Å². The van der Waals surface area contributed by atoms with Crippen molar-refractivity contribution in [2.45, 2.75) is 32.9 Å². The van der Waals surface area contributed by atoms with Crippen LogP contribution in [0.3, 0.4) is 0 Å². The summed E-state index contributed by atoms with van der Waals surface area (Å²) in [6.45, 7) is 4.72. The van der Waals surface area contributed by atoms with E-state index in [9.17, 15) is 5.11 Å². The molecule has 3 heteroatoms. The van der Waals surface area contributed by atoms with Crippen LogP contribution in [0.25, 0.3) is 0 Å². The molecule has 0 saturated heterocycles. The topological polar surface area (TPSA) is 52.5 Å². The molecule has 0 aliphatic heterocycles. The molecule has 84 valence electrons. The standard InChI is InChI=1S/C12H19NO2/c1-9-4-3-5-11(12(9)15)8-13-10(2)6-7-14/h3-5,10,13-15H,6-8H2,1-2H3/t10-/m1/s1. The molecule has 0 amide bonds. The first-order valence-electron chi connectivity index (χ1n) is 5.27. The second-order valence-electron chi connectivity index (χ2n) is 3.88. The number of benzene rings is 1. The Morgan fingerprint density at radius 1 is 1.40 bits per heavy atom. The van der Waals surface area contributed by atoms with Crippen molar-refractivity contribution in [3.63, 3.8) is 0 Å². The summed E-state index contributed by atoms with van der Waals surface area (Å²) >= 11 is 0. The van der Waals surface area contributed by atoms with Crippen LogP contribution in [0.4, 0.5) is 0 Å². The summed E-state index contributed by atoms with van der Waals surface area (Å²) in [6, 6.07) is 5.98. The van der Waals surface area contributed by atoms with Gasteiger partial charge in [-0.15, -0.1) is 0 Å². The van der Waals surface area contributed by atoms with Crippen LogP contribution in [0, 0.1) is 6.92 Å². The monoisotopic (exact) mass is 209 g/mol. The number of aliphatic hydroxyl groups excluding tert-OH is 1. The third-order valence-electron chi connectivity index (χ3n) is 2.52. The van der Waals surface area contributed by atoms with E-state index < -0.39 is 0 Å². The van der Waals surface area contributed by atoms with Gasteiger partial charge in [-0.3, -0.25) is 0 Å². The van der Waals surface area contributed by atoms with Crippen molar-refractivity contribution in [1.29, 1.82) is 0 Å². The molecule has 1 rings (SSSR count). The van der Waals surface area contributed by atoms with Gasteiger partial charge in [-0.2, -0.15) is 0 Å². The summed E-state index contributed by atoms with van der Waals surface area (Å²) in [5.41, 5.74) is 1.80. The zero-order valence-corrected chi connectivity index (χ0v) is 9.33. The predicted molar refractivity (Wildman–Crippen MR) is 60.8 cm³/mol. The number of hydrogen-bond acceptors (Lipinski definition) is 3. The second-order valence-corrected chi connectivity index (χ2v) is 3.88. The molecule has 0 saturated carbocycles. The molecule has 1 atom stereocenters. The number of aromatic hydroxyl groups is 1. The summed E-state index contributed by atoms with van der Waals surface area (Å²) in [4.78, 5) is 0. The summed E-state index contributed by atoms with van der Waals surface area (Å²) in [5.74, 6) is 0.362. The molecule has 0 bridgehead atoms. The number of aryl methyl sites for hydroxylation is 1. The lowest BCUT2D eigenvalue weighted by Gasteiger charge is -2.13. The van der Waals surface area contributed by atoms with E-state index in [-0.39, 0.29) is 12.6 Å². The van der Waals surface area contributed by atoms with Crippen molar-refractivity contribution in [3.8, 4) is 5.75 Å². The molecule has 3 N–H and O–H groups in total. The van der Waals surface area contributed by atoms with Crippen LogP contribution in [0.15, 0.2) is 18.2 Å². The highest BCUT2D eigenvalue weighted by Gasteiger charge is 2.05. The average molecular weight is 209 g/mol. The molecule has 0 radical (unpaired) electrons. The first kappa shape index (κ1) is 12.0. The predicted octanol–water partition coefficient (Wildman–Crippen LogP) is 1.56. The Bertz CT molecular complexity index is 312. The van der Waals surface area contributed by atoms with E-state index in [1.807, 2.05) is 32.0 Å². The van der Waals surface area contributed by atoms with E-state index in [2.05, 4.69) is 5.32 Å². The van der Waals surface area contributed by atoms with Gasteiger partial charge >= 0.3 is 0 Å². The molecule has 15 heavy (non-hydrogen) atoms. The molecular formula is C12H19NO2. The zero-order valence-electron chi connectivity index (χ0n) is 9.33. The molecule has 1 aromatic carbocycles. The highest BCUT2D eigenvalue weighted by atomic mass is 16.3. The van der Waals surface area contributed by atoms with Gasteiger partial charge in [-0.25, -0.2) is 0 Å². The summed E-state index contributed by atoms with van der Waals surface area (Å²) in [7, 11) is 0. The van der Waals surface area contributed by atoms with Crippen molar-refractivity contribution in [2.75, 3.05) is 6.61 Å². The van der Waals surface area contributed by atoms with E-state index in [0.717, 1.165) is 17.5 Å². The van der Waals surface area contributed by atoms with Gasteiger partial charge in [0.1, 0.15) is 5.75 Å². The zero-order chi connectivity index (χ0) is 11.3. The normalized spacial score (nSPS) is 12.7. The smallest absolute Gasteiger partial charge is 0.122 e. The van der Waals surface area contributed by atoms with Gasteiger partial charge in [0, 0.05) is 24.8 Å². The minimum Gasteiger partial charge on any atom is -0.507 e. The second kappa shape index (κ2) is 5.73. The maximum absolute atomic E-state index is 9.75. The number of para-hydroxylation sites is 1. The lowest BCUT2D eigenvalue weighted by molar-refractivity contribution is 0.268. The number of rotatable bonds is 5. The van der Waals surface area contributed by atoms with Crippen molar-refractivity contribution < 1.29 is 10.2 Å². The maximum atomic E-state index is 9.75. The largest absolute Gasteiger partial charge is 0.507 e. The van der Waals surface area contributed by atoms with Gasteiger partial charge in [0.15, 0.2) is 0 Å². The third-order valence-corrected chi connectivity index (χ3v) is 2.52. The van der Waals surface area contributed by atoms with Gasteiger partial charge in [0.25, 0.3) is 0 Å². The molecule has 3 nitrogen and oxygen atoms in total. The maximum Gasteiger partial charge on any atom is 0.122 e. The van der Waals surface area contributed by atoms with E-state index in [1.165, 1.54) is 0 Å². The molecule has 0 aromatic heterocycles. The fourth-order valence-corrected chi connectivity index (χ4v) is 1.44. The van der Waals surface area contributed by atoms with E-state index in [0.29, 0.717) is 12.3 Å².